The van der Waals surface area contributed by atoms with E-state index in [1.807, 2.05) is 88.4 Å². The summed E-state index contributed by atoms with van der Waals surface area (Å²) in [7, 11) is 1.32. The molecule has 0 radical (unpaired) electrons. The first-order chi connectivity index (χ1) is 20.9. The van der Waals surface area contributed by atoms with E-state index in [-0.39, 0.29) is 36.6 Å². The third kappa shape index (κ3) is 12.5. The number of methoxy groups -OCH3 is 1. The second-order valence-electron chi connectivity index (χ2n) is 12.0. The molecule has 0 fully saturated rings. The summed E-state index contributed by atoms with van der Waals surface area (Å²) < 4.78 is 4.62. The smallest absolute Gasteiger partial charge is 0.305 e. The van der Waals surface area contributed by atoms with Gasteiger partial charge in [-0.3, -0.25) is 19.2 Å². The van der Waals surface area contributed by atoms with Crippen LogP contribution in [0.5, 0.6) is 0 Å². The Bertz CT molecular complexity index is 1170. The van der Waals surface area contributed by atoms with Crippen LogP contribution in [-0.4, -0.2) is 66.2 Å². The largest absolute Gasteiger partial charge is 0.469 e. The average molecular weight is 611 g/mol. The van der Waals surface area contributed by atoms with Crippen molar-refractivity contribution in [3.63, 3.8) is 0 Å². The Morgan fingerprint density at radius 3 is 1.73 bits per heavy atom. The van der Waals surface area contributed by atoms with E-state index in [2.05, 4.69) is 20.7 Å². The molecule has 3 unspecified atom stereocenters. The van der Waals surface area contributed by atoms with Crippen LogP contribution in [0.2, 0.25) is 0 Å². The molecular weight excluding hydrogens is 560 g/mol. The van der Waals surface area contributed by atoms with Crippen molar-refractivity contribution in [1.29, 1.82) is 0 Å². The van der Waals surface area contributed by atoms with Gasteiger partial charge in [0.25, 0.3) is 0 Å². The molecule has 0 saturated carbocycles. The highest BCUT2D eigenvalue weighted by atomic mass is 16.5. The minimum atomic E-state index is -1.07. The van der Waals surface area contributed by atoms with Gasteiger partial charge in [0.1, 0.15) is 12.1 Å². The predicted molar refractivity (Wildman–Crippen MR) is 170 cm³/mol. The zero-order valence-corrected chi connectivity index (χ0v) is 26.6. The van der Waals surface area contributed by atoms with Gasteiger partial charge in [-0.1, -0.05) is 88.4 Å². The Labute approximate surface area is 261 Å². The fourth-order valence-corrected chi connectivity index (χ4v) is 4.92. The van der Waals surface area contributed by atoms with E-state index in [1.165, 1.54) is 7.11 Å². The van der Waals surface area contributed by atoms with Gasteiger partial charge in [0, 0.05) is 18.9 Å². The molecule has 3 amide bonds. The van der Waals surface area contributed by atoms with E-state index in [4.69, 9.17) is 5.73 Å². The fraction of sp³-hybridized carbons (Fsp3) is 0.529. The number of benzene rings is 2. The van der Waals surface area contributed by atoms with Crippen molar-refractivity contribution >= 4 is 23.7 Å². The van der Waals surface area contributed by atoms with E-state index in [9.17, 15) is 24.3 Å². The van der Waals surface area contributed by atoms with E-state index < -0.39 is 42.1 Å². The van der Waals surface area contributed by atoms with E-state index in [1.54, 1.807) is 0 Å². The van der Waals surface area contributed by atoms with Gasteiger partial charge in [-0.2, -0.15) is 0 Å². The number of carbonyl (C=O) groups is 4. The quantitative estimate of drug-likeness (QED) is 0.128. The van der Waals surface area contributed by atoms with Crippen LogP contribution in [0.3, 0.4) is 0 Å². The predicted octanol–water partition coefficient (Wildman–Crippen LogP) is 2.66. The lowest BCUT2D eigenvalue weighted by atomic mass is 9.92. The molecule has 10 nitrogen and oxygen atoms in total. The van der Waals surface area contributed by atoms with Crippen molar-refractivity contribution < 1.29 is 29.0 Å². The third-order valence-electron chi connectivity index (χ3n) is 7.57. The van der Waals surface area contributed by atoms with Crippen molar-refractivity contribution in [1.82, 2.24) is 16.0 Å². The number of hydrogen-bond acceptors (Lipinski definition) is 7. The summed E-state index contributed by atoms with van der Waals surface area (Å²) in [5.41, 5.74) is 8.34. The molecule has 2 aromatic carbocycles. The SMILES string of the molecule is COC(=O)CCCCC(=O)N[C@H](C(=O)N[C@H](C(=O)NC(Cc1ccccc1)C(O)C(N)Cc1ccccc1)C(C)C)C(C)C. The van der Waals surface area contributed by atoms with Gasteiger partial charge in [-0.05, 0) is 48.6 Å². The van der Waals surface area contributed by atoms with Crippen molar-refractivity contribution in [3.05, 3.63) is 71.8 Å². The summed E-state index contributed by atoms with van der Waals surface area (Å²) >= 11 is 0. The molecule has 0 spiro atoms. The first kappa shape index (κ1) is 36.4. The maximum absolute atomic E-state index is 13.7. The van der Waals surface area contributed by atoms with Gasteiger partial charge in [0.2, 0.25) is 17.7 Å². The molecule has 0 aliphatic rings. The summed E-state index contributed by atoms with van der Waals surface area (Å²) in [6, 6.07) is 16.0. The molecule has 0 aliphatic heterocycles. The molecule has 242 valence electrons. The second-order valence-corrected chi connectivity index (χ2v) is 12.0. The summed E-state index contributed by atoms with van der Waals surface area (Å²) in [4.78, 5) is 50.9. The summed E-state index contributed by atoms with van der Waals surface area (Å²) in [6.45, 7) is 7.26. The standard InChI is InChI=1S/C34H50N4O6/c1-22(2)30(37-28(39)18-12-13-19-29(40)44-5)34(43)38-31(23(3)4)33(42)36-27(21-25-16-10-7-11-17-25)32(41)26(35)20-24-14-8-6-9-15-24/h6-11,14-17,22-23,26-27,30-32,41H,12-13,18-21,35H2,1-5H3,(H,36,42)(H,37,39)(H,38,43)/t26?,27?,30-,31-,32?/m0/s1. The van der Waals surface area contributed by atoms with Gasteiger partial charge < -0.3 is 31.5 Å². The number of carbonyl (C=O) groups excluding carboxylic acids is 4. The van der Waals surface area contributed by atoms with E-state index in [0.29, 0.717) is 25.7 Å². The number of ether oxygens (including phenoxy) is 1. The van der Waals surface area contributed by atoms with Crippen molar-refractivity contribution in [2.45, 2.75) is 96.5 Å². The van der Waals surface area contributed by atoms with Crippen LogP contribution in [0.1, 0.15) is 64.5 Å². The molecule has 0 bridgehead atoms. The van der Waals surface area contributed by atoms with Gasteiger partial charge in [-0.15, -0.1) is 0 Å². The zero-order chi connectivity index (χ0) is 32.6. The third-order valence-corrected chi connectivity index (χ3v) is 7.57. The van der Waals surface area contributed by atoms with E-state index in [0.717, 1.165) is 11.1 Å². The van der Waals surface area contributed by atoms with Gasteiger partial charge in [0.15, 0.2) is 0 Å². The number of rotatable bonds is 18. The molecule has 0 saturated heterocycles. The Kier molecular flexibility index (Phi) is 15.6. The zero-order valence-electron chi connectivity index (χ0n) is 26.6. The van der Waals surface area contributed by atoms with Crippen molar-refractivity contribution in [3.8, 4) is 0 Å². The molecule has 2 aromatic rings. The van der Waals surface area contributed by atoms with Gasteiger partial charge >= 0.3 is 5.97 Å². The first-order valence-electron chi connectivity index (χ1n) is 15.4. The van der Waals surface area contributed by atoms with Gasteiger partial charge in [-0.25, -0.2) is 0 Å². The van der Waals surface area contributed by atoms with Crippen molar-refractivity contribution in [2.24, 2.45) is 17.6 Å². The molecule has 10 heteroatoms. The highest BCUT2D eigenvalue weighted by Gasteiger charge is 2.33. The first-order valence-corrected chi connectivity index (χ1v) is 15.4. The molecule has 6 N–H and O–H groups in total. The number of amides is 3. The Morgan fingerprint density at radius 2 is 1.20 bits per heavy atom. The Morgan fingerprint density at radius 1 is 0.727 bits per heavy atom. The lowest BCUT2D eigenvalue weighted by Crippen LogP contribution is -2.60. The number of nitrogens with one attached hydrogen (secondary N) is 3. The van der Waals surface area contributed by atoms with E-state index >= 15 is 0 Å². The minimum Gasteiger partial charge on any atom is -0.469 e. The second kappa shape index (κ2) is 18.8. The lowest BCUT2D eigenvalue weighted by molar-refractivity contribution is -0.140. The number of hydrogen-bond donors (Lipinski definition) is 5. The number of aliphatic hydroxyl groups excluding tert-OH is 1. The number of unbranched alkanes of at least 4 members (excludes halogenated alkanes) is 1. The maximum Gasteiger partial charge on any atom is 0.305 e. The van der Waals surface area contributed by atoms with Crippen LogP contribution in [0.25, 0.3) is 0 Å². The number of esters is 1. The molecule has 0 heterocycles. The average Bonchev–Trinajstić information content (AvgIpc) is 3.00. The molecule has 5 atom stereocenters. The lowest BCUT2D eigenvalue weighted by Gasteiger charge is -2.32. The molecule has 0 aromatic heterocycles. The molecule has 0 aliphatic carbocycles. The summed E-state index contributed by atoms with van der Waals surface area (Å²) in [5, 5.41) is 19.9. The van der Waals surface area contributed by atoms with Gasteiger partial charge in [0.05, 0.1) is 19.3 Å². The maximum atomic E-state index is 13.7. The fourth-order valence-electron chi connectivity index (χ4n) is 4.92. The Hall–Kier alpha value is -3.76. The summed E-state index contributed by atoms with van der Waals surface area (Å²) in [5.74, 6) is -2.09. The normalized spacial score (nSPS) is 14.7. The highest BCUT2D eigenvalue weighted by Crippen LogP contribution is 2.14. The van der Waals surface area contributed by atoms with Crippen LogP contribution in [0.15, 0.2) is 60.7 Å². The highest BCUT2D eigenvalue weighted by molar-refractivity contribution is 5.92. The molecule has 2 rings (SSSR count). The number of nitrogens with two attached hydrogens (primary N) is 1. The molecule has 44 heavy (non-hydrogen) atoms. The van der Waals surface area contributed by atoms with Crippen LogP contribution in [-0.2, 0) is 36.8 Å². The summed E-state index contributed by atoms with van der Waals surface area (Å²) in [6.07, 6.45) is 1.05. The minimum absolute atomic E-state index is 0.157. The monoisotopic (exact) mass is 610 g/mol. The Balaban J connectivity index is 2.12. The van der Waals surface area contributed by atoms with Crippen LogP contribution >= 0.6 is 0 Å². The van der Waals surface area contributed by atoms with Crippen LogP contribution in [0, 0.1) is 11.8 Å². The van der Waals surface area contributed by atoms with Crippen LogP contribution < -0.4 is 21.7 Å². The van der Waals surface area contributed by atoms with Crippen molar-refractivity contribution in [2.75, 3.05) is 7.11 Å². The molecular formula is C34H50N4O6. The topological polar surface area (TPSA) is 160 Å². The van der Waals surface area contributed by atoms with Crippen LogP contribution in [0.4, 0.5) is 0 Å². The number of aliphatic hydroxyl groups is 1.